The molecule has 2 unspecified atom stereocenters. The summed E-state index contributed by atoms with van der Waals surface area (Å²) < 4.78 is 11.1. The van der Waals surface area contributed by atoms with Crippen molar-refractivity contribution < 1.29 is 14.4 Å². The number of nitro groups is 1. The van der Waals surface area contributed by atoms with E-state index in [4.69, 9.17) is 9.47 Å². The lowest BCUT2D eigenvalue weighted by Gasteiger charge is -2.37. The summed E-state index contributed by atoms with van der Waals surface area (Å²) in [6.07, 6.45) is 0.116. The number of methoxy groups -OCH3 is 1. The van der Waals surface area contributed by atoms with Crippen molar-refractivity contribution in [3.05, 3.63) is 69.8 Å². The standard InChI is InChI=1S/C19H22N2O4/c1-14-11-20(13-19(25-14)16-6-4-3-5-7-16)12-15-8-9-18(24-2)17(10-15)21(22)23/h3-10,14,19H,11-13H2,1-2H3. The van der Waals surface area contributed by atoms with Gasteiger partial charge in [-0.3, -0.25) is 15.0 Å². The van der Waals surface area contributed by atoms with E-state index in [1.807, 2.05) is 24.3 Å². The van der Waals surface area contributed by atoms with Crippen LogP contribution in [-0.4, -0.2) is 36.1 Å². The van der Waals surface area contributed by atoms with Crippen LogP contribution in [0.5, 0.6) is 5.75 Å². The molecule has 6 nitrogen and oxygen atoms in total. The lowest BCUT2D eigenvalue weighted by molar-refractivity contribution is -0.385. The van der Waals surface area contributed by atoms with Gasteiger partial charge in [-0.1, -0.05) is 36.4 Å². The van der Waals surface area contributed by atoms with E-state index in [-0.39, 0.29) is 23.6 Å². The number of hydrogen-bond donors (Lipinski definition) is 0. The number of nitrogens with zero attached hydrogens (tertiary/aromatic N) is 2. The molecule has 25 heavy (non-hydrogen) atoms. The Morgan fingerprint density at radius 3 is 2.68 bits per heavy atom. The van der Waals surface area contributed by atoms with Crippen molar-refractivity contribution in [3.8, 4) is 5.75 Å². The molecule has 0 amide bonds. The maximum Gasteiger partial charge on any atom is 0.311 e. The maximum atomic E-state index is 11.2. The fraction of sp³-hybridized carbons (Fsp3) is 0.368. The molecule has 3 rings (SSSR count). The molecule has 132 valence electrons. The van der Waals surface area contributed by atoms with Gasteiger partial charge in [0.05, 0.1) is 24.2 Å². The summed E-state index contributed by atoms with van der Waals surface area (Å²) in [6, 6.07) is 15.3. The smallest absolute Gasteiger partial charge is 0.311 e. The molecule has 0 radical (unpaired) electrons. The number of morpholine rings is 1. The molecular formula is C19H22N2O4. The molecule has 0 aliphatic carbocycles. The van der Waals surface area contributed by atoms with Crippen LogP contribution in [0.2, 0.25) is 0 Å². The van der Waals surface area contributed by atoms with Crippen LogP contribution in [0.3, 0.4) is 0 Å². The molecule has 2 aromatic rings. The Balaban J connectivity index is 1.76. The minimum atomic E-state index is -0.406. The molecule has 1 saturated heterocycles. The van der Waals surface area contributed by atoms with Crippen LogP contribution in [-0.2, 0) is 11.3 Å². The minimum absolute atomic E-state index is 0.000849. The molecule has 2 aromatic carbocycles. The molecule has 0 saturated carbocycles. The summed E-state index contributed by atoms with van der Waals surface area (Å²) in [6.45, 7) is 4.25. The second-order valence-electron chi connectivity index (χ2n) is 6.30. The van der Waals surface area contributed by atoms with Crippen LogP contribution in [0.25, 0.3) is 0 Å². The van der Waals surface area contributed by atoms with E-state index in [9.17, 15) is 10.1 Å². The van der Waals surface area contributed by atoms with Crippen LogP contribution in [0.1, 0.15) is 24.2 Å². The molecule has 1 fully saturated rings. The van der Waals surface area contributed by atoms with Crippen molar-refractivity contribution in [1.29, 1.82) is 0 Å². The van der Waals surface area contributed by atoms with Crippen molar-refractivity contribution in [2.45, 2.75) is 25.7 Å². The van der Waals surface area contributed by atoms with Crippen LogP contribution >= 0.6 is 0 Å². The highest BCUT2D eigenvalue weighted by Crippen LogP contribution is 2.30. The Kier molecular flexibility index (Phi) is 5.31. The van der Waals surface area contributed by atoms with Crippen molar-refractivity contribution in [2.24, 2.45) is 0 Å². The minimum Gasteiger partial charge on any atom is -0.490 e. The van der Waals surface area contributed by atoms with Gasteiger partial charge in [-0.15, -0.1) is 0 Å². The molecule has 1 aliphatic heterocycles. The fourth-order valence-electron chi connectivity index (χ4n) is 3.25. The summed E-state index contributed by atoms with van der Waals surface area (Å²) in [5, 5.41) is 11.2. The van der Waals surface area contributed by atoms with Crippen molar-refractivity contribution in [1.82, 2.24) is 4.90 Å². The SMILES string of the molecule is COc1ccc(CN2CC(C)OC(c3ccccc3)C2)cc1[N+](=O)[O-]. The van der Waals surface area contributed by atoms with E-state index in [1.54, 1.807) is 12.1 Å². The summed E-state index contributed by atoms with van der Waals surface area (Å²) in [4.78, 5) is 13.1. The van der Waals surface area contributed by atoms with Crippen LogP contribution in [0.15, 0.2) is 48.5 Å². The molecule has 1 aliphatic rings. The first-order valence-electron chi connectivity index (χ1n) is 8.31. The van der Waals surface area contributed by atoms with Crippen LogP contribution < -0.4 is 4.74 Å². The molecule has 6 heteroatoms. The highest BCUT2D eigenvalue weighted by atomic mass is 16.6. The molecule has 0 bridgehead atoms. The number of benzene rings is 2. The van der Waals surface area contributed by atoms with E-state index in [2.05, 4.69) is 24.0 Å². The second-order valence-corrected chi connectivity index (χ2v) is 6.30. The Labute approximate surface area is 147 Å². The van der Waals surface area contributed by atoms with Crippen molar-refractivity contribution >= 4 is 5.69 Å². The van der Waals surface area contributed by atoms with Crippen molar-refractivity contribution in [3.63, 3.8) is 0 Å². The van der Waals surface area contributed by atoms with Gasteiger partial charge in [0.25, 0.3) is 0 Å². The van der Waals surface area contributed by atoms with Gasteiger partial charge in [0.1, 0.15) is 0 Å². The Bertz CT molecular complexity index is 735. The van der Waals surface area contributed by atoms with Gasteiger partial charge in [-0.2, -0.15) is 0 Å². The maximum absolute atomic E-state index is 11.2. The van der Waals surface area contributed by atoms with Gasteiger partial charge >= 0.3 is 5.69 Å². The fourth-order valence-corrected chi connectivity index (χ4v) is 3.25. The van der Waals surface area contributed by atoms with Gasteiger partial charge in [-0.25, -0.2) is 0 Å². The summed E-state index contributed by atoms with van der Waals surface area (Å²) in [7, 11) is 1.44. The van der Waals surface area contributed by atoms with E-state index >= 15 is 0 Å². The lowest BCUT2D eigenvalue weighted by Crippen LogP contribution is -2.42. The van der Waals surface area contributed by atoms with Crippen LogP contribution in [0, 0.1) is 10.1 Å². The van der Waals surface area contributed by atoms with Gasteiger partial charge in [0.2, 0.25) is 0 Å². The third kappa shape index (κ3) is 4.15. The monoisotopic (exact) mass is 342 g/mol. The Hall–Kier alpha value is -2.44. The summed E-state index contributed by atoms with van der Waals surface area (Å²) in [5.41, 5.74) is 2.05. The highest BCUT2D eigenvalue weighted by molar-refractivity contribution is 5.48. The zero-order valence-electron chi connectivity index (χ0n) is 14.4. The average molecular weight is 342 g/mol. The van der Waals surface area contributed by atoms with Crippen molar-refractivity contribution in [2.75, 3.05) is 20.2 Å². The van der Waals surface area contributed by atoms with E-state index in [1.165, 1.54) is 7.11 Å². The molecule has 0 N–H and O–H groups in total. The number of rotatable bonds is 5. The molecule has 0 aromatic heterocycles. The first kappa shape index (κ1) is 17.4. The highest BCUT2D eigenvalue weighted by Gasteiger charge is 2.27. The van der Waals surface area contributed by atoms with Gasteiger partial charge in [0, 0.05) is 25.7 Å². The predicted molar refractivity (Wildman–Crippen MR) is 94.7 cm³/mol. The quantitative estimate of drug-likeness (QED) is 0.614. The van der Waals surface area contributed by atoms with Crippen LogP contribution in [0.4, 0.5) is 5.69 Å². The molecular weight excluding hydrogens is 320 g/mol. The predicted octanol–water partition coefficient (Wildman–Crippen LogP) is 3.57. The first-order valence-corrected chi connectivity index (χ1v) is 8.31. The normalized spacial score (nSPS) is 21.0. The average Bonchev–Trinajstić information content (AvgIpc) is 2.62. The molecule has 0 spiro atoms. The zero-order chi connectivity index (χ0) is 17.8. The molecule has 2 atom stereocenters. The second kappa shape index (κ2) is 7.63. The number of hydrogen-bond acceptors (Lipinski definition) is 5. The van der Waals surface area contributed by atoms with E-state index in [0.29, 0.717) is 6.54 Å². The Morgan fingerprint density at radius 2 is 2.00 bits per heavy atom. The lowest BCUT2D eigenvalue weighted by atomic mass is 10.1. The number of ether oxygens (including phenoxy) is 2. The number of nitro benzene ring substituents is 1. The van der Waals surface area contributed by atoms with E-state index < -0.39 is 4.92 Å². The van der Waals surface area contributed by atoms with Gasteiger partial charge in [0.15, 0.2) is 5.75 Å². The van der Waals surface area contributed by atoms with E-state index in [0.717, 1.165) is 24.2 Å². The Morgan fingerprint density at radius 1 is 1.24 bits per heavy atom. The summed E-state index contributed by atoms with van der Waals surface area (Å²) >= 11 is 0. The van der Waals surface area contributed by atoms with Gasteiger partial charge in [-0.05, 0) is 24.1 Å². The zero-order valence-corrected chi connectivity index (χ0v) is 14.4. The third-order valence-corrected chi connectivity index (χ3v) is 4.35. The topological polar surface area (TPSA) is 64.8 Å². The summed E-state index contributed by atoms with van der Waals surface area (Å²) in [5.74, 6) is 0.284. The first-order chi connectivity index (χ1) is 12.1. The third-order valence-electron chi connectivity index (χ3n) is 4.35. The molecule has 1 heterocycles. The largest absolute Gasteiger partial charge is 0.490 e. The van der Waals surface area contributed by atoms with Gasteiger partial charge < -0.3 is 9.47 Å².